The third-order valence-electron chi connectivity index (χ3n) is 3.42. The molecule has 0 aliphatic carbocycles. The second-order valence-corrected chi connectivity index (χ2v) is 6.90. The summed E-state index contributed by atoms with van der Waals surface area (Å²) in [5.74, 6) is -0.210. The van der Waals surface area contributed by atoms with E-state index < -0.39 is 11.7 Å². The molecule has 0 aromatic heterocycles. The second kappa shape index (κ2) is 7.75. The van der Waals surface area contributed by atoms with E-state index in [0.29, 0.717) is 5.56 Å². The Morgan fingerprint density at radius 2 is 1.83 bits per heavy atom. The highest BCUT2D eigenvalue weighted by Gasteiger charge is 2.30. The highest BCUT2D eigenvalue weighted by Crippen LogP contribution is 2.29. The first-order chi connectivity index (χ1) is 11.3. The third-order valence-corrected chi connectivity index (χ3v) is 4.54. The highest BCUT2D eigenvalue weighted by molar-refractivity contribution is 8.00. The van der Waals surface area contributed by atoms with E-state index in [4.69, 9.17) is 0 Å². The average molecular weight is 353 g/mol. The first kappa shape index (κ1) is 18.4. The predicted molar refractivity (Wildman–Crippen MR) is 89.8 cm³/mol. The van der Waals surface area contributed by atoms with Crippen molar-refractivity contribution in [3.63, 3.8) is 0 Å². The lowest BCUT2D eigenvalue weighted by Gasteiger charge is -2.13. The summed E-state index contributed by atoms with van der Waals surface area (Å²) in [6, 6.07) is 12.8. The summed E-state index contributed by atoms with van der Waals surface area (Å²) in [5.41, 5.74) is 0.850. The Hall–Kier alpha value is -1.95. The molecule has 2 nitrogen and oxygen atoms in total. The molecule has 2 aromatic carbocycles. The smallest absolute Gasteiger partial charge is 0.351 e. The molecule has 1 amide bonds. The number of carbonyl (C=O) groups excluding carboxylic acids is 1. The number of aryl methyl sites for hydroxylation is 1. The third kappa shape index (κ3) is 5.30. The summed E-state index contributed by atoms with van der Waals surface area (Å²) < 4.78 is 38.0. The van der Waals surface area contributed by atoms with Gasteiger partial charge in [-0.3, -0.25) is 4.79 Å². The number of halogens is 3. The van der Waals surface area contributed by atoms with Gasteiger partial charge < -0.3 is 5.32 Å². The minimum Gasteiger partial charge on any atom is -0.351 e. The van der Waals surface area contributed by atoms with E-state index >= 15 is 0 Å². The molecular formula is C18H18F3NOS. The zero-order chi connectivity index (χ0) is 17.7. The number of benzene rings is 2. The fourth-order valence-corrected chi connectivity index (χ4v) is 2.96. The number of alkyl halides is 3. The number of amides is 1. The Balaban J connectivity index is 1.91. The van der Waals surface area contributed by atoms with Crippen LogP contribution >= 0.6 is 11.8 Å². The van der Waals surface area contributed by atoms with Gasteiger partial charge in [0.15, 0.2) is 0 Å². The average Bonchev–Trinajstić information content (AvgIpc) is 2.54. The fourth-order valence-electron chi connectivity index (χ4n) is 2.07. The molecule has 1 atom stereocenters. The molecule has 128 valence electrons. The number of thioether (sulfide) groups is 1. The fraction of sp³-hybridized carbons (Fsp3) is 0.278. The maximum absolute atomic E-state index is 12.7. The zero-order valence-electron chi connectivity index (χ0n) is 13.4. The molecule has 0 fully saturated rings. The van der Waals surface area contributed by atoms with Crippen molar-refractivity contribution in [3.05, 3.63) is 65.2 Å². The van der Waals surface area contributed by atoms with Crippen molar-refractivity contribution in [2.24, 2.45) is 0 Å². The lowest BCUT2D eigenvalue weighted by atomic mass is 10.1. The van der Waals surface area contributed by atoms with Gasteiger partial charge in [0, 0.05) is 11.4 Å². The van der Waals surface area contributed by atoms with E-state index in [-0.39, 0.29) is 17.7 Å². The molecule has 0 bridgehead atoms. The number of hydrogen-bond acceptors (Lipinski definition) is 2. The van der Waals surface area contributed by atoms with Crippen molar-refractivity contribution < 1.29 is 18.0 Å². The van der Waals surface area contributed by atoms with Gasteiger partial charge in [0.05, 0.1) is 10.8 Å². The van der Waals surface area contributed by atoms with Gasteiger partial charge in [0.25, 0.3) is 0 Å². The maximum Gasteiger partial charge on any atom is 0.416 e. The molecule has 1 unspecified atom stereocenters. The van der Waals surface area contributed by atoms with Crippen molar-refractivity contribution in [1.82, 2.24) is 5.32 Å². The molecule has 6 heteroatoms. The summed E-state index contributed by atoms with van der Waals surface area (Å²) in [5, 5.41) is 2.35. The van der Waals surface area contributed by atoms with Crippen molar-refractivity contribution in [3.8, 4) is 0 Å². The van der Waals surface area contributed by atoms with E-state index in [9.17, 15) is 18.0 Å². The summed E-state index contributed by atoms with van der Waals surface area (Å²) in [4.78, 5) is 13.1. The van der Waals surface area contributed by atoms with Gasteiger partial charge >= 0.3 is 6.18 Å². The molecule has 2 rings (SSSR count). The van der Waals surface area contributed by atoms with Crippen LogP contribution in [-0.4, -0.2) is 11.2 Å². The summed E-state index contributed by atoms with van der Waals surface area (Å²) in [6.45, 7) is 3.83. The van der Waals surface area contributed by atoms with Crippen molar-refractivity contribution in [1.29, 1.82) is 0 Å². The molecule has 24 heavy (non-hydrogen) atoms. The summed E-state index contributed by atoms with van der Waals surface area (Å²) in [6.07, 6.45) is -4.38. The normalized spacial score (nSPS) is 12.7. The molecule has 0 aliphatic heterocycles. The quantitative estimate of drug-likeness (QED) is 0.782. The molecule has 2 aromatic rings. The molecule has 1 N–H and O–H groups in total. The Bertz CT molecular complexity index is 698. The minimum atomic E-state index is -4.38. The van der Waals surface area contributed by atoms with E-state index in [1.165, 1.54) is 17.8 Å². The zero-order valence-corrected chi connectivity index (χ0v) is 14.2. The van der Waals surface area contributed by atoms with Crippen molar-refractivity contribution in [2.45, 2.75) is 36.7 Å². The Morgan fingerprint density at radius 1 is 1.17 bits per heavy atom. The van der Waals surface area contributed by atoms with Gasteiger partial charge in [0.1, 0.15) is 0 Å². The Labute approximate surface area is 143 Å². The van der Waals surface area contributed by atoms with Gasteiger partial charge in [0.2, 0.25) is 5.91 Å². The Kier molecular flexibility index (Phi) is 5.94. The van der Waals surface area contributed by atoms with Crippen molar-refractivity contribution in [2.75, 3.05) is 0 Å². The van der Waals surface area contributed by atoms with Crippen LogP contribution in [-0.2, 0) is 17.5 Å². The van der Waals surface area contributed by atoms with Crippen LogP contribution in [0.4, 0.5) is 13.2 Å². The maximum atomic E-state index is 12.7. The van der Waals surface area contributed by atoms with Gasteiger partial charge in [-0.05, 0) is 43.7 Å². The number of nitrogens with one attached hydrogen (secondary N) is 1. The Morgan fingerprint density at radius 3 is 2.46 bits per heavy atom. The number of carbonyl (C=O) groups is 1. The molecule has 0 spiro atoms. The standard InChI is InChI=1S/C18H18F3NOS/c1-12-6-8-16(9-7-12)24-13(2)17(23)22-11-14-4-3-5-15(10-14)18(19,20)21/h3-10,13H,11H2,1-2H3,(H,22,23). The minimum absolute atomic E-state index is 0.0710. The summed E-state index contributed by atoms with van der Waals surface area (Å²) in [7, 11) is 0. The van der Waals surface area contributed by atoms with Gasteiger partial charge in [-0.25, -0.2) is 0 Å². The number of hydrogen-bond donors (Lipinski definition) is 1. The monoisotopic (exact) mass is 353 g/mol. The molecule has 0 radical (unpaired) electrons. The molecule has 0 heterocycles. The van der Waals surface area contributed by atoms with Crippen LogP contribution in [0.15, 0.2) is 53.4 Å². The van der Waals surface area contributed by atoms with Crippen LogP contribution in [0.25, 0.3) is 0 Å². The van der Waals surface area contributed by atoms with Crippen LogP contribution in [0.5, 0.6) is 0 Å². The lowest BCUT2D eigenvalue weighted by Crippen LogP contribution is -2.30. The lowest BCUT2D eigenvalue weighted by molar-refractivity contribution is -0.137. The van der Waals surface area contributed by atoms with E-state index in [1.807, 2.05) is 31.2 Å². The summed E-state index contributed by atoms with van der Waals surface area (Å²) >= 11 is 1.41. The molecule has 0 aliphatic rings. The number of rotatable bonds is 5. The van der Waals surface area contributed by atoms with Crippen LogP contribution in [0.2, 0.25) is 0 Å². The van der Waals surface area contributed by atoms with E-state index in [1.54, 1.807) is 13.0 Å². The largest absolute Gasteiger partial charge is 0.416 e. The second-order valence-electron chi connectivity index (χ2n) is 5.49. The first-order valence-electron chi connectivity index (χ1n) is 7.43. The molecule has 0 saturated carbocycles. The van der Waals surface area contributed by atoms with E-state index in [2.05, 4.69) is 5.32 Å². The van der Waals surface area contributed by atoms with Gasteiger partial charge in [-0.15, -0.1) is 11.8 Å². The van der Waals surface area contributed by atoms with Gasteiger partial charge in [-0.2, -0.15) is 13.2 Å². The topological polar surface area (TPSA) is 29.1 Å². The van der Waals surface area contributed by atoms with Crippen LogP contribution in [0.1, 0.15) is 23.6 Å². The molecule has 0 saturated heterocycles. The predicted octanol–water partition coefficient (Wildman–Crippen LogP) is 4.81. The highest BCUT2D eigenvalue weighted by atomic mass is 32.2. The molecular weight excluding hydrogens is 335 g/mol. The SMILES string of the molecule is Cc1ccc(SC(C)C(=O)NCc2cccc(C(F)(F)F)c2)cc1. The van der Waals surface area contributed by atoms with Crippen LogP contribution in [0, 0.1) is 6.92 Å². The van der Waals surface area contributed by atoms with E-state index in [0.717, 1.165) is 22.6 Å². The van der Waals surface area contributed by atoms with Crippen LogP contribution in [0.3, 0.4) is 0 Å². The van der Waals surface area contributed by atoms with Gasteiger partial charge in [-0.1, -0.05) is 29.8 Å². The van der Waals surface area contributed by atoms with Crippen molar-refractivity contribution >= 4 is 17.7 Å². The van der Waals surface area contributed by atoms with Crippen LogP contribution < -0.4 is 5.32 Å². The first-order valence-corrected chi connectivity index (χ1v) is 8.31.